The molecule has 146 valence electrons. The molecule has 2 fully saturated rings. The van der Waals surface area contributed by atoms with Gasteiger partial charge in [0.05, 0.1) is 31.9 Å². The standard InChI is InChI=1S/C19H25N3O5/c1-2-25-18(24)22-6-3-15-14(13-22)11-20-12-16(15)17(23)21-7-4-19(5-8-21)26-9-10-27-19/h11-12H,2-10,13H2,1H3. The minimum atomic E-state index is -0.495. The van der Waals surface area contributed by atoms with Crippen LogP contribution in [-0.4, -0.2) is 72.0 Å². The normalized spacial score (nSPS) is 21.2. The van der Waals surface area contributed by atoms with E-state index in [2.05, 4.69) is 4.98 Å². The topological polar surface area (TPSA) is 81.2 Å². The van der Waals surface area contributed by atoms with Crippen LogP contribution in [0.3, 0.4) is 0 Å². The molecule has 0 radical (unpaired) electrons. The van der Waals surface area contributed by atoms with Crippen molar-refractivity contribution in [1.82, 2.24) is 14.8 Å². The van der Waals surface area contributed by atoms with Gasteiger partial charge in [-0.1, -0.05) is 0 Å². The zero-order chi connectivity index (χ0) is 18.9. The SMILES string of the molecule is CCOC(=O)N1CCc2c(cncc2C(=O)N2CCC3(CC2)OCCO3)C1. The first-order valence-corrected chi connectivity index (χ1v) is 9.56. The average molecular weight is 375 g/mol. The number of nitrogens with zero attached hydrogens (tertiary/aromatic N) is 3. The van der Waals surface area contributed by atoms with E-state index in [1.807, 2.05) is 4.90 Å². The number of fused-ring (bicyclic) bond motifs is 1. The van der Waals surface area contributed by atoms with Crippen LogP contribution in [0.4, 0.5) is 4.79 Å². The van der Waals surface area contributed by atoms with Gasteiger partial charge < -0.3 is 24.0 Å². The fourth-order valence-corrected chi connectivity index (χ4v) is 4.05. The van der Waals surface area contributed by atoms with Gasteiger partial charge in [-0.25, -0.2) is 4.79 Å². The zero-order valence-electron chi connectivity index (χ0n) is 15.6. The fourth-order valence-electron chi connectivity index (χ4n) is 4.05. The van der Waals surface area contributed by atoms with Crippen LogP contribution in [0.2, 0.25) is 0 Å². The van der Waals surface area contributed by atoms with Crippen LogP contribution in [0.25, 0.3) is 0 Å². The van der Waals surface area contributed by atoms with Crippen LogP contribution >= 0.6 is 0 Å². The molecule has 0 aromatic carbocycles. The summed E-state index contributed by atoms with van der Waals surface area (Å²) < 4.78 is 16.6. The third kappa shape index (κ3) is 3.51. The molecule has 0 aliphatic carbocycles. The molecule has 8 nitrogen and oxygen atoms in total. The van der Waals surface area contributed by atoms with Crippen LogP contribution in [0.15, 0.2) is 12.4 Å². The molecule has 2 amide bonds. The van der Waals surface area contributed by atoms with E-state index in [1.54, 1.807) is 24.2 Å². The first-order chi connectivity index (χ1) is 13.1. The molecule has 0 bridgehead atoms. The number of ether oxygens (including phenoxy) is 3. The molecule has 4 rings (SSSR count). The molecule has 4 heterocycles. The van der Waals surface area contributed by atoms with E-state index < -0.39 is 5.79 Å². The Kier molecular flexibility index (Phi) is 5.01. The summed E-state index contributed by atoms with van der Waals surface area (Å²) >= 11 is 0. The Morgan fingerprint density at radius 1 is 1.15 bits per heavy atom. The summed E-state index contributed by atoms with van der Waals surface area (Å²) in [6, 6.07) is 0. The summed E-state index contributed by atoms with van der Waals surface area (Å²) in [7, 11) is 0. The van der Waals surface area contributed by atoms with E-state index in [0.717, 1.165) is 11.1 Å². The van der Waals surface area contributed by atoms with Gasteiger partial charge in [-0.3, -0.25) is 9.78 Å². The highest BCUT2D eigenvalue weighted by atomic mass is 16.7. The number of pyridine rings is 1. The smallest absolute Gasteiger partial charge is 0.410 e. The summed E-state index contributed by atoms with van der Waals surface area (Å²) in [5.41, 5.74) is 2.54. The zero-order valence-corrected chi connectivity index (χ0v) is 15.6. The number of hydrogen-bond acceptors (Lipinski definition) is 6. The minimum absolute atomic E-state index is 0.00298. The van der Waals surface area contributed by atoms with Gasteiger partial charge in [0.25, 0.3) is 5.91 Å². The molecule has 3 aliphatic heterocycles. The highest BCUT2D eigenvalue weighted by Crippen LogP contribution is 2.32. The molecular weight excluding hydrogens is 350 g/mol. The quantitative estimate of drug-likeness (QED) is 0.781. The van der Waals surface area contributed by atoms with Crippen molar-refractivity contribution >= 4 is 12.0 Å². The van der Waals surface area contributed by atoms with Gasteiger partial charge >= 0.3 is 6.09 Å². The van der Waals surface area contributed by atoms with Crippen LogP contribution < -0.4 is 0 Å². The third-order valence-electron chi connectivity index (χ3n) is 5.52. The number of hydrogen-bond donors (Lipinski definition) is 0. The maximum absolute atomic E-state index is 13.1. The second-order valence-corrected chi connectivity index (χ2v) is 7.10. The molecule has 0 N–H and O–H groups in total. The molecular formula is C19H25N3O5. The van der Waals surface area contributed by atoms with E-state index >= 15 is 0 Å². The Bertz CT molecular complexity index is 722. The average Bonchev–Trinajstić information content (AvgIpc) is 3.15. The van der Waals surface area contributed by atoms with E-state index in [4.69, 9.17) is 14.2 Å². The van der Waals surface area contributed by atoms with Crippen molar-refractivity contribution in [1.29, 1.82) is 0 Å². The third-order valence-corrected chi connectivity index (χ3v) is 5.52. The first-order valence-electron chi connectivity index (χ1n) is 9.56. The van der Waals surface area contributed by atoms with Crippen molar-refractivity contribution in [3.63, 3.8) is 0 Å². The first kappa shape index (κ1) is 18.2. The Morgan fingerprint density at radius 2 is 1.89 bits per heavy atom. The molecule has 3 aliphatic rings. The summed E-state index contributed by atoms with van der Waals surface area (Å²) in [5, 5.41) is 0. The number of carbonyl (C=O) groups excluding carboxylic acids is 2. The number of likely N-dealkylation sites (tertiary alicyclic amines) is 1. The van der Waals surface area contributed by atoms with Crippen molar-refractivity contribution in [3.8, 4) is 0 Å². The van der Waals surface area contributed by atoms with Crippen LogP contribution in [-0.2, 0) is 27.2 Å². The molecule has 27 heavy (non-hydrogen) atoms. The van der Waals surface area contributed by atoms with Crippen molar-refractivity contribution in [2.45, 2.75) is 38.5 Å². The van der Waals surface area contributed by atoms with Crippen molar-refractivity contribution in [3.05, 3.63) is 29.1 Å². The van der Waals surface area contributed by atoms with Gasteiger partial charge in [0.15, 0.2) is 5.79 Å². The number of piperidine rings is 1. The van der Waals surface area contributed by atoms with Crippen LogP contribution in [0.5, 0.6) is 0 Å². The number of amides is 2. The predicted molar refractivity (Wildman–Crippen MR) is 95.1 cm³/mol. The molecule has 1 spiro atoms. The largest absolute Gasteiger partial charge is 0.450 e. The molecule has 0 saturated carbocycles. The van der Waals surface area contributed by atoms with Crippen LogP contribution in [0.1, 0.15) is 41.3 Å². The summed E-state index contributed by atoms with van der Waals surface area (Å²) in [6.07, 6.45) is 5.08. The van der Waals surface area contributed by atoms with Crippen molar-refractivity contribution in [2.24, 2.45) is 0 Å². The van der Waals surface area contributed by atoms with E-state index in [9.17, 15) is 9.59 Å². The lowest BCUT2D eigenvalue weighted by Gasteiger charge is -2.38. The van der Waals surface area contributed by atoms with E-state index in [1.165, 1.54) is 0 Å². The molecule has 0 unspecified atom stereocenters. The monoisotopic (exact) mass is 375 g/mol. The lowest BCUT2D eigenvalue weighted by atomic mass is 9.95. The summed E-state index contributed by atoms with van der Waals surface area (Å²) in [6.45, 7) is 5.58. The van der Waals surface area contributed by atoms with Gasteiger partial charge in [-0.2, -0.15) is 0 Å². The van der Waals surface area contributed by atoms with Gasteiger partial charge in [-0.05, 0) is 24.5 Å². The van der Waals surface area contributed by atoms with Gasteiger partial charge in [0.2, 0.25) is 0 Å². The highest BCUT2D eigenvalue weighted by molar-refractivity contribution is 5.96. The molecule has 2 saturated heterocycles. The second-order valence-electron chi connectivity index (χ2n) is 7.10. The van der Waals surface area contributed by atoms with E-state index in [-0.39, 0.29) is 12.0 Å². The Morgan fingerprint density at radius 3 is 2.59 bits per heavy atom. The minimum Gasteiger partial charge on any atom is -0.450 e. The van der Waals surface area contributed by atoms with Crippen LogP contribution in [0, 0.1) is 0 Å². The Hall–Kier alpha value is -2.19. The second kappa shape index (κ2) is 7.44. The lowest BCUT2D eigenvalue weighted by molar-refractivity contribution is -0.181. The predicted octanol–water partition coefficient (Wildman–Crippen LogP) is 1.58. The number of carbonyl (C=O) groups is 2. The van der Waals surface area contributed by atoms with Crippen molar-refractivity contribution < 1.29 is 23.8 Å². The molecule has 8 heteroatoms. The maximum atomic E-state index is 13.1. The number of rotatable bonds is 2. The van der Waals surface area contributed by atoms with Crippen molar-refractivity contribution in [2.75, 3.05) is 39.5 Å². The summed E-state index contributed by atoms with van der Waals surface area (Å²) in [4.78, 5) is 32.8. The highest BCUT2D eigenvalue weighted by Gasteiger charge is 2.41. The fraction of sp³-hybridized carbons (Fsp3) is 0.632. The Balaban J connectivity index is 1.46. The lowest BCUT2D eigenvalue weighted by Crippen LogP contribution is -2.47. The molecule has 1 aromatic rings. The van der Waals surface area contributed by atoms with Gasteiger partial charge in [0, 0.05) is 44.9 Å². The van der Waals surface area contributed by atoms with E-state index in [0.29, 0.717) is 70.8 Å². The number of aromatic nitrogens is 1. The summed E-state index contributed by atoms with van der Waals surface area (Å²) in [5.74, 6) is -0.498. The Labute approximate surface area is 158 Å². The molecule has 0 atom stereocenters. The molecule has 1 aromatic heterocycles. The van der Waals surface area contributed by atoms with Gasteiger partial charge in [0.1, 0.15) is 0 Å². The van der Waals surface area contributed by atoms with Gasteiger partial charge in [-0.15, -0.1) is 0 Å². The maximum Gasteiger partial charge on any atom is 0.410 e.